The van der Waals surface area contributed by atoms with Crippen molar-refractivity contribution >= 4 is 28.6 Å². The van der Waals surface area contributed by atoms with Gasteiger partial charge in [0.1, 0.15) is 23.2 Å². The highest BCUT2D eigenvalue weighted by Gasteiger charge is 2.23. The topological polar surface area (TPSA) is 127 Å². The Morgan fingerprint density at radius 1 is 1.21 bits per heavy atom. The number of furan rings is 1. The van der Waals surface area contributed by atoms with Crippen LogP contribution in [0, 0.1) is 13.8 Å². The lowest BCUT2D eigenvalue weighted by Crippen LogP contribution is -2.47. The van der Waals surface area contributed by atoms with E-state index in [1.807, 2.05) is 13.8 Å². The fraction of sp³-hybridized carbons (Fsp3) is 0.368. The van der Waals surface area contributed by atoms with Crippen LogP contribution in [0.1, 0.15) is 27.5 Å². The third-order valence-corrected chi connectivity index (χ3v) is 5.19. The van der Waals surface area contributed by atoms with Crippen LogP contribution in [-0.4, -0.2) is 51.9 Å². The SMILES string of the molecule is Cc1oc2nc(CN3CCN(c4ncccc4C(N)=O)CC3)nc(N)c2c1C. The Hall–Kier alpha value is -3.20. The maximum atomic E-state index is 11.6. The molecule has 4 rings (SSSR count). The van der Waals surface area contributed by atoms with Crippen molar-refractivity contribution in [2.75, 3.05) is 36.8 Å². The molecule has 0 saturated carbocycles. The van der Waals surface area contributed by atoms with E-state index in [-0.39, 0.29) is 0 Å². The molecule has 0 unspecified atom stereocenters. The van der Waals surface area contributed by atoms with E-state index < -0.39 is 5.91 Å². The van der Waals surface area contributed by atoms with Gasteiger partial charge in [-0.05, 0) is 26.0 Å². The number of carbonyl (C=O) groups excluding carboxylic acids is 1. The number of nitrogen functional groups attached to an aromatic ring is 1. The van der Waals surface area contributed by atoms with Crippen LogP contribution in [0.25, 0.3) is 11.1 Å². The molecular weight excluding hydrogens is 358 g/mol. The number of aryl methyl sites for hydroxylation is 2. The molecule has 3 aromatic rings. The first kappa shape index (κ1) is 18.2. The number of nitrogens with zero attached hydrogens (tertiary/aromatic N) is 5. The number of rotatable bonds is 4. The summed E-state index contributed by atoms with van der Waals surface area (Å²) in [6, 6.07) is 3.42. The monoisotopic (exact) mass is 381 g/mol. The molecule has 1 aliphatic rings. The Kier molecular flexibility index (Phi) is 4.60. The predicted octanol–water partition coefficient (Wildman–Crippen LogP) is 1.24. The molecule has 4 heterocycles. The maximum Gasteiger partial charge on any atom is 0.252 e. The van der Waals surface area contributed by atoms with Crippen molar-refractivity contribution in [3.05, 3.63) is 41.0 Å². The first-order valence-corrected chi connectivity index (χ1v) is 9.18. The zero-order valence-corrected chi connectivity index (χ0v) is 16.0. The van der Waals surface area contributed by atoms with Crippen molar-refractivity contribution in [2.24, 2.45) is 5.73 Å². The minimum absolute atomic E-state index is 0.445. The van der Waals surface area contributed by atoms with Crippen LogP contribution in [0.3, 0.4) is 0 Å². The fourth-order valence-electron chi connectivity index (χ4n) is 3.56. The van der Waals surface area contributed by atoms with Gasteiger partial charge in [0.25, 0.3) is 5.91 Å². The second-order valence-electron chi connectivity index (χ2n) is 6.99. The lowest BCUT2D eigenvalue weighted by Gasteiger charge is -2.35. The fourth-order valence-corrected chi connectivity index (χ4v) is 3.56. The van der Waals surface area contributed by atoms with E-state index >= 15 is 0 Å². The number of anilines is 2. The van der Waals surface area contributed by atoms with Crippen molar-refractivity contribution < 1.29 is 9.21 Å². The second kappa shape index (κ2) is 7.08. The number of primary amides is 1. The van der Waals surface area contributed by atoms with Crippen LogP contribution in [-0.2, 0) is 6.54 Å². The number of hydrogen-bond acceptors (Lipinski definition) is 8. The number of carbonyl (C=O) groups is 1. The molecule has 0 radical (unpaired) electrons. The summed E-state index contributed by atoms with van der Waals surface area (Å²) >= 11 is 0. The summed E-state index contributed by atoms with van der Waals surface area (Å²) in [7, 11) is 0. The molecule has 0 spiro atoms. The number of pyridine rings is 1. The van der Waals surface area contributed by atoms with E-state index in [1.54, 1.807) is 18.3 Å². The molecule has 1 saturated heterocycles. The van der Waals surface area contributed by atoms with Crippen LogP contribution in [0.2, 0.25) is 0 Å². The molecule has 1 aliphatic heterocycles. The Labute approximate surface area is 162 Å². The Balaban J connectivity index is 1.47. The molecule has 0 aliphatic carbocycles. The Morgan fingerprint density at radius 2 is 1.96 bits per heavy atom. The van der Waals surface area contributed by atoms with E-state index in [2.05, 4.69) is 24.8 Å². The van der Waals surface area contributed by atoms with Crippen LogP contribution >= 0.6 is 0 Å². The standard InChI is InChI=1S/C19H23N7O2/c1-11-12(2)28-19-15(11)16(20)23-14(24-19)10-25-6-8-26(9-7-25)18-13(17(21)27)4-3-5-22-18/h3-5H,6-10H2,1-2H3,(H2,21,27)(H2,20,23,24). The normalized spacial score (nSPS) is 15.3. The zero-order chi connectivity index (χ0) is 19.8. The van der Waals surface area contributed by atoms with E-state index in [1.165, 1.54) is 0 Å². The molecule has 9 nitrogen and oxygen atoms in total. The Bertz CT molecular complexity index is 1040. The van der Waals surface area contributed by atoms with Crippen molar-refractivity contribution in [1.29, 1.82) is 0 Å². The third-order valence-electron chi connectivity index (χ3n) is 5.19. The summed E-state index contributed by atoms with van der Waals surface area (Å²) in [4.78, 5) is 29.3. The molecule has 3 aromatic heterocycles. The van der Waals surface area contributed by atoms with Gasteiger partial charge >= 0.3 is 0 Å². The van der Waals surface area contributed by atoms with Crippen molar-refractivity contribution in [1.82, 2.24) is 19.9 Å². The largest absolute Gasteiger partial charge is 0.443 e. The van der Waals surface area contributed by atoms with Crippen molar-refractivity contribution in [3.63, 3.8) is 0 Å². The summed E-state index contributed by atoms with van der Waals surface area (Å²) in [5, 5.41) is 0.792. The summed E-state index contributed by atoms with van der Waals surface area (Å²) in [5.41, 5.74) is 13.6. The van der Waals surface area contributed by atoms with E-state index in [4.69, 9.17) is 15.9 Å². The average Bonchev–Trinajstić information content (AvgIpc) is 2.96. The zero-order valence-electron chi connectivity index (χ0n) is 16.0. The number of piperazine rings is 1. The average molecular weight is 381 g/mol. The van der Waals surface area contributed by atoms with Crippen LogP contribution in [0.5, 0.6) is 0 Å². The van der Waals surface area contributed by atoms with Crippen LogP contribution in [0.15, 0.2) is 22.7 Å². The van der Waals surface area contributed by atoms with Gasteiger partial charge in [0.05, 0.1) is 17.5 Å². The molecule has 1 fully saturated rings. The second-order valence-corrected chi connectivity index (χ2v) is 6.99. The van der Waals surface area contributed by atoms with Crippen LogP contribution < -0.4 is 16.4 Å². The molecule has 0 atom stereocenters. The molecule has 0 aromatic carbocycles. The van der Waals surface area contributed by atoms with E-state index in [0.717, 1.165) is 42.9 Å². The maximum absolute atomic E-state index is 11.6. The van der Waals surface area contributed by atoms with Crippen molar-refractivity contribution in [3.8, 4) is 0 Å². The van der Waals surface area contributed by atoms with Gasteiger partial charge in [-0.3, -0.25) is 9.69 Å². The molecule has 28 heavy (non-hydrogen) atoms. The number of aromatic nitrogens is 3. The van der Waals surface area contributed by atoms with Gasteiger partial charge in [-0.1, -0.05) is 0 Å². The number of fused-ring (bicyclic) bond motifs is 1. The quantitative estimate of drug-likeness (QED) is 0.691. The highest BCUT2D eigenvalue weighted by Crippen LogP contribution is 2.27. The molecule has 4 N–H and O–H groups in total. The van der Waals surface area contributed by atoms with Gasteiger partial charge in [-0.25, -0.2) is 9.97 Å². The molecular formula is C19H23N7O2. The van der Waals surface area contributed by atoms with Gasteiger partial charge in [0.15, 0.2) is 0 Å². The van der Waals surface area contributed by atoms with Crippen LogP contribution in [0.4, 0.5) is 11.6 Å². The first-order valence-electron chi connectivity index (χ1n) is 9.18. The molecule has 0 bridgehead atoms. The van der Waals surface area contributed by atoms with Gasteiger partial charge < -0.3 is 20.8 Å². The highest BCUT2D eigenvalue weighted by molar-refractivity contribution is 5.97. The summed E-state index contributed by atoms with van der Waals surface area (Å²) < 4.78 is 5.71. The molecule has 9 heteroatoms. The number of amides is 1. The lowest BCUT2D eigenvalue weighted by atomic mass is 10.2. The van der Waals surface area contributed by atoms with E-state index in [9.17, 15) is 4.79 Å². The minimum Gasteiger partial charge on any atom is -0.443 e. The summed E-state index contributed by atoms with van der Waals surface area (Å²) in [6.45, 7) is 7.46. The molecule has 146 valence electrons. The highest BCUT2D eigenvalue weighted by atomic mass is 16.3. The predicted molar refractivity (Wildman–Crippen MR) is 106 cm³/mol. The molecule has 1 amide bonds. The lowest BCUT2D eigenvalue weighted by molar-refractivity contribution is 0.1000. The van der Waals surface area contributed by atoms with Gasteiger partial charge in [0, 0.05) is 37.9 Å². The smallest absolute Gasteiger partial charge is 0.252 e. The minimum atomic E-state index is -0.466. The summed E-state index contributed by atoms with van der Waals surface area (Å²) in [5.74, 6) is 2.07. The first-order chi connectivity index (χ1) is 13.4. The number of nitrogens with two attached hydrogens (primary N) is 2. The van der Waals surface area contributed by atoms with Gasteiger partial charge in [-0.2, -0.15) is 4.98 Å². The number of hydrogen-bond donors (Lipinski definition) is 2. The van der Waals surface area contributed by atoms with Crippen molar-refractivity contribution in [2.45, 2.75) is 20.4 Å². The summed E-state index contributed by atoms with van der Waals surface area (Å²) in [6.07, 6.45) is 1.67. The van der Waals surface area contributed by atoms with Gasteiger partial charge in [0.2, 0.25) is 5.71 Å². The Morgan fingerprint density at radius 3 is 2.68 bits per heavy atom. The third kappa shape index (κ3) is 3.24. The van der Waals surface area contributed by atoms with E-state index in [0.29, 0.717) is 35.3 Å². The van der Waals surface area contributed by atoms with Gasteiger partial charge in [-0.15, -0.1) is 0 Å².